The highest BCUT2D eigenvalue weighted by atomic mass is 16.5. The smallest absolute Gasteiger partial charge is 0.226 e. The molecule has 4 aromatic rings. The maximum Gasteiger partial charge on any atom is 0.226 e. The molecule has 1 N–H and O–H groups in total. The number of hydrogen-bond acceptors (Lipinski definition) is 5. The first-order valence-electron chi connectivity index (χ1n) is 13.3. The summed E-state index contributed by atoms with van der Waals surface area (Å²) in [6.07, 6.45) is 6.84. The van der Waals surface area contributed by atoms with Crippen molar-refractivity contribution in [1.82, 2.24) is 25.1 Å². The fourth-order valence-corrected chi connectivity index (χ4v) is 5.61. The van der Waals surface area contributed by atoms with Crippen molar-refractivity contribution >= 4 is 5.91 Å². The van der Waals surface area contributed by atoms with Gasteiger partial charge in [-0.1, -0.05) is 48.5 Å². The number of aromatic nitrogens is 4. The van der Waals surface area contributed by atoms with Crippen molar-refractivity contribution in [3.63, 3.8) is 0 Å². The Morgan fingerprint density at radius 1 is 1.00 bits per heavy atom. The summed E-state index contributed by atoms with van der Waals surface area (Å²) in [5.74, 6) is 1.54. The minimum Gasteiger partial charge on any atom is -0.385 e. The van der Waals surface area contributed by atoms with Gasteiger partial charge in [0.25, 0.3) is 0 Å². The number of aryl methyl sites for hydroxylation is 1. The van der Waals surface area contributed by atoms with E-state index in [4.69, 9.17) is 9.84 Å². The van der Waals surface area contributed by atoms with Crippen LogP contribution in [0, 0.1) is 19.8 Å². The van der Waals surface area contributed by atoms with Crippen LogP contribution in [0.1, 0.15) is 47.8 Å². The monoisotopic (exact) mass is 509 g/mol. The van der Waals surface area contributed by atoms with Gasteiger partial charge in [-0.2, -0.15) is 5.10 Å². The zero-order chi connectivity index (χ0) is 26.5. The van der Waals surface area contributed by atoms with Gasteiger partial charge in [-0.25, -0.2) is 14.6 Å². The molecule has 7 heteroatoms. The number of hydrogen-bond donors (Lipinski definition) is 1. The Kier molecular flexibility index (Phi) is 7.94. The van der Waals surface area contributed by atoms with Gasteiger partial charge in [0.2, 0.25) is 5.91 Å². The molecule has 0 saturated heterocycles. The van der Waals surface area contributed by atoms with E-state index in [9.17, 15) is 4.79 Å². The standard InChI is InChI=1S/C31H35N5O2/c1-21-29(36(26-12-8-5-9-13-26)35-31(21)25-19-32-22(2)33-20-25)18-30(37)34-28-17-23(14-15-38-3)16-27(28)24-10-6-4-7-11-24/h4-13,19-20,23,27-28H,14-18H2,1-3H3,(H,34,37)/t23-,27-,28+/m0/s1. The summed E-state index contributed by atoms with van der Waals surface area (Å²) in [5.41, 5.74) is 5.66. The summed E-state index contributed by atoms with van der Waals surface area (Å²) in [4.78, 5) is 22.3. The lowest BCUT2D eigenvalue weighted by atomic mass is 9.93. The van der Waals surface area contributed by atoms with Crippen LogP contribution in [0.5, 0.6) is 0 Å². The summed E-state index contributed by atoms with van der Waals surface area (Å²) in [7, 11) is 1.75. The van der Waals surface area contributed by atoms with Crippen LogP contribution in [-0.4, -0.2) is 45.4 Å². The van der Waals surface area contributed by atoms with Crippen LogP contribution in [0.15, 0.2) is 73.1 Å². The number of para-hydroxylation sites is 1. The van der Waals surface area contributed by atoms with Crippen molar-refractivity contribution in [1.29, 1.82) is 0 Å². The number of methoxy groups -OCH3 is 1. The molecule has 1 aliphatic carbocycles. The molecule has 0 spiro atoms. The highest BCUT2D eigenvalue weighted by molar-refractivity contribution is 5.80. The predicted octanol–water partition coefficient (Wildman–Crippen LogP) is 5.20. The Labute approximate surface area is 224 Å². The average molecular weight is 510 g/mol. The molecule has 2 aromatic heterocycles. The third-order valence-electron chi connectivity index (χ3n) is 7.59. The SMILES string of the molecule is COCC[C@@H]1C[C@@H](NC(=O)Cc2c(C)c(-c3cnc(C)nc3)nn2-c2ccccc2)[C@H](c2ccccc2)C1. The number of carbonyl (C=O) groups is 1. The number of nitrogens with one attached hydrogen (secondary N) is 1. The zero-order valence-electron chi connectivity index (χ0n) is 22.3. The zero-order valence-corrected chi connectivity index (χ0v) is 22.3. The van der Waals surface area contributed by atoms with Crippen molar-refractivity contribution < 1.29 is 9.53 Å². The molecule has 0 aliphatic heterocycles. The van der Waals surface area contributed by atoms with Crippen LogP contribution in [0.2, 0.25) is 0 Å². The molecular weight excluding hydrogens is 474 g/mol. The van der Waals surface area contributed by atoms with Gasteiger partial charge in [-0.3, -0.25) is 4.79 Å². The molecule has 1 aliphatic rings. The molecule has 7 nitrogen and oxygen atoms in total. The maximum absolute atomic E-state index is 13.6. The number of nitrogens with zero attached hydrogens (tertiary/aromatic N) is 4. The molecule has 1 amide bonds. The minimum atomic E-state index is 0.00945. The molecule has 0 unspecified atom stereocenters. The third kappa shape index (κ3) is 5.68. The molecule has 2 heterocycles. The van der Waals surface area contributed by atoms with Gasteiger partial charge < -0.3 is 10.1 Å². The third-order valence-corrected chi connectivity index (χ3v) is 7.59. The quantitative estimate of drug-likeness (QED) is 0.335. The van der Waals surface area contributed by atoms with E-state index in [0.717, 1.165) is 54.1 Å². The van der Waals surface area contributed by atoms with Gasteiger partial charge in [0.15, 0.2) is 0 Å². The van der Waals surface area contributed by atoms with Crippen LogP contribution >= 0.6 is 0 Å². The van der Waals surface area contributed by atoms with E-state index >= 15 is 0 Å². The van der Waals surface area contributed by atoms with Crippen LogP contribution < -0.4 is 5.32 Å². The van der Waals surface area contributed by atoms with Crippen LogP contribution in [-0.2, 0) is 16.0 Å². The average Bonchev–Trinajstić information content (AvgIpc) is 3.49. The maximum atomic E-state index is 13.6. The molecule has 5 rings (SSSR count). The van der Waals surface area contributed by atoms with Gasteiger partial charge in [0, 0.05) is 43.6 Å². The van der Waals surface area contributed by atoms with Crippen LogP contribution in [0.25, 0.3) is 16.9 Å². The molecule has 1 fully saturated rings. The van der Waals surface area contributed by atoms with E-state index in [-0.39, 0.29) is 18.4 Å². The number of ether oxygens (including phenoxy) is 1. The first kappa shape index (κ1) is 25.8. The fraction of sp³-hybridized carbons (Fsp3) is 0.355. The fourth-order valence-electron chi connectivity index (χ4n) is 5.61. The first-order chi connectivity index (χ1) is 18.5. The van der Waals surface area contributed by atoms with E-state index in [1.165, 1.54) is 5.56 Å². The van der Waals surface area contributed by atoms with Crippen molar-refractivity contribution in [2.45, 2.75) is 51.5 Å². The highest BCUT2D eigenvalue weighted by Gasteiger charge is 2.36. The number of carbonyl (C=O) groups excluding carboxylic acids is 1. The van der Waals surface area contributed by atoms with Crippen molar-refractivity contribution in [3.8, 4) is 16.9 Å². The Hall–Kier alpha value is -3.84. The van der Waals surface area contributed by atoms with Crippen molar-refractivity contribution in [3.05, 3.63) is 95.7 Å². The second-order valence-electron chi connectivity index (χ2n) is 10.2. The van der Waals surface area contributed by atoms with Crippen LogP contribution in [0.3, 0.4) is 0 Å². The molecule has 1 saturated carbocycles. The number of rotatable bonds is 9. The van der Waals surface area contributed by atoms with Gasteiger partial charge in [0.05, 0.1) is 23.5 Å². The Morgan fingerprint density at radius 2 is 1.68 bits per heavy atom. The van der Waals surface area contributed by atoms with Crippen molar-refractivity contribution in [2.24, 2.45) is 5.92 Å². The summed E-state index contributed by atoms with van der Waals surface area (Å²) < 4.78 is 7.23. The lowest BCUT2D eigenvalue weighted by Gasteiger charge is -2.21. The van der Waals surface area contributed by atoms with E-state index in [2.05, 4.69) is 39.6 Å². The van der Waals surface area contributed by atoms with Gasteiger partial charge in [0.1, 0.15) is 5.82 Å². The first-order valence-corrected chi connectivity index (χ1v) is 13.3. The van der Waals surface area contributed by atoms with Gasteiger partial charge >= 0.3 is 0 Å². The largest absolute Gasteiger partial charge is 0.385 e. The number of benzene rings is 2. The van der Waals surface area contributed by atoms with Crippen molar-refractivity contribution in [2.75, 3.05) is 13.7 Å². The summed E-state index contributed by atoms with van der Waals surface area (Å²) in [6.45, 7) is 4.63. The van der Waals surface area contributed by atoms with E-state index < -0.39 is 0 Å². The van der Waals surface area contributed by atoms with Gasteiger partial charge in [-0.05, 0) is 62.3 Å². The van der Waals surface area contributed by atoms with E-state index in [1.54, 1.807) is 19.5 Å². The molecule has 3 atom stereocenters. The molecule has 196 valence electrons. The second-order valence-corrected chi connectivity index (χ2v) is 10.2. The highest BCUT2D eigenvalue weighted by Crippen LogP contribution is 2.40. The normalized spacial score (nSPS) is 19.0. The summed E-state index contributed by atoms with van der Waals surface area (Å²) >= 11 is 0. The lowest BCUT2D eigenvalue weighted by molar-refractivity contribution is -0.121. The van der Waals surface area contributed by atoms with E-state index in [0.29, 0.717) is 17.7 Å². The van der Waals surface area contributed by atoms with E-state index in [1.807, 2.05) is 54.9 Å². The minimum absolute atomic E-state index is 0.00945. The molecule has 0 radical (unpaired) electrons. The molecule has 0 bridgehead atoms. The summed E-state index contributed by atoms with van der Waals surface area (Å²) in [6, 6.07) is 20.6. The summed E-state index contributed by atoms with van der Waals surface area (Å²) in [5, 5.41) is 8.32. The van der Waals surface area contributed by atoms with Crippen LogP contribution in [0.4, 0.5) is 0 Å². The number of amides is 1. The predicted molar refractivity (Wildman–Crippen MR) is 148 cm³/mol. The lowest BCUT2D eigenvalue weighted by Crippen LogP contribution is -2.38. The molecule has 2 aromatic carbocycles. The topological polar surface area (TPSA) is 81.9 Å². The Balaban J connectivity index is 1.41. The molecular formula is C31H35N5O2. The Bertz CT molecular complexity index is 1350. The molecule has 38 heavy (non-hydrogen) atoms. The second kappa shape index (κ2) is 11.7. The van der Waals surface area contributed by atoms with Gasteiger partial charge in [-0.15, -0.1) is 0 Å². The Morgan fingerprint density at radius 3 is 2.37 bits per heavy atom.